The molecule has 0 aliphatic rings. The van der Waals surface area contributed by atoms with E-state index in [1.165, 1.54) is 35.1 Å². The van der Waals surface area contributed by atoms with Gasteiger partial charge in [-0.25, -0.2) is 4.79 Å². The normalized spacial score (nSPS) is 10.8. The van der Waals surface area contributed by atoms with Crippen LogP contribution in [0.15, 0.2) is 74.5 Å². The minimum absolute atomic E-state index is 0.118. The molecule has 0 atom stereocenters. The largest absolute Gasteiger partial charge is 0.459 e. The van der Waals surface area contributed by atoms with Crippen LogP contribution in [0.4, 0.5) is 17.1 Å². The Morgan fingerprint density at radius 2 is 1.82 bits per heavy atom. The predicted octanol–water partition coefficient (Wildman–Crippen LogP) is 3.77. The summed E-state index contributed by atoms with van der Waals surface area (Å²) in [6, 6.07) is 13.7. The smallest absolute Gasteiger partial charge is 0.419 e. The number of nitro groups is 1. The summed E-state index contributed by atoms with van der Waals surface area (Å²) in [6.45, 7) is 0.205. The molecule has 2 amide bonds. The van der Waals surface area contributed by atoms with E-state index in [1.54, 1.807) is 30.3 Å². The van der Waals surface area contributed by atoms with Gasteiger partial charge in [-0.15, -0.1) is 0 Å². The van der Waals surface area contributed by atoms with Crippen molar-refractivity contribution in [3.63, 3.8) is 0 Å². The molecule has 0 saturated heterocycles. The molecule has 0 aliphatic carbocycles. The van der Waals surface area contributed by atoms with E-state index in [4.69, 9.17) is 8.83 Å². The van der Waals surface area contributed by atoms with Gasteiger partial charge >= 0.3 is 5.76 Å². The summed E-state index contributed by atoms with van der Waals surface area (Å²) in [5.41, 5.74) is 1.35. The van der Waals surface area contributed by atoms with Gasteiger partial charge in [-0.2, -0.15) is 0 Å². The van der Waals surface area contributed by atoms with Crippen molar-refractivity contribution >= 4 is 40.0 Å². The van der Waals surface area contributed by atoms with Crippen LogP contribution < -0.4 is 16.4 Å². The minimum atomic E-state index is -0.647. The van der Waals surface area contributed by atoms with Crippen molar-refractivity contribution in [2.45, 2.75) is 19.4 Å². The molecule has 0 unspecified atom stereocenters. The van der Waals surface area contributed by atoms with Crippen molar-refractivity contribution in [3.05, 3.63) is 87.3 Å². The Morgan fingerprint density at radius 3 is 2.55 bits per heavy atom. The number of oxazole rings is 1. The molecule has 0 radical (unpaired) electrons. The number of hydrogen-bond acceptors (Lipinski definition) is 7. The molecule has 4 aromatic rings. The van der Waals surface area contributed by atoms with Crippen molar-refractivity contribution in [2.24, 2.45) is 0 Å². The number of nitrogens with one attached hydrogen (secondary N) is 2. The number of nitrogens with zero attached hydrogens (tertiary/aromatic N) is 2. The van der Waals surface area contributed by atoms with Gasteiger partial charge in [0.15, 0.2) is 11.3 Å². The first-order valence-corrected chi connectivity index (χ1v) is 9.93. The summed E-state index contributed by atoms with van der Waals surface area (Å²) < 4.78 is 11.5. The first kappa shape index (κ1) is 21.6. The van der Waals surface area contributed by atoms with Gasteiger partial charge in [-0.05, 0) is 42.8 Å². The second-order valence-electron chi connectivity index (χ2n) is 7.09. The number of aromatic nitrogens is 1. The maximum Gasteiger partial charge on any atom is 0.419 e. The van der Waals surface area contributed by atoms with Crippen LogP contribution in [0.5, 0.6) is 0 Å². The molecule has 0 bridgehead atoms. The zero-order chi connectivity index (χ0) is 23.4. The van der Waals surface area contributed by atoms with Gasteiger partial charge in [-0.3, -0.25) is 24.3 Å². The van der Waals surface area contributed by atoms with E-state index >= 15 is 0 Å². The Labute approximate surface area is 185 Å². The Balaban J connectivity index is 1.34. The number of aryl methyl sites for hydroxylation is 1. The number of benzene rings is 2. The third-order valence-electron chi connectivity index (χ3n) is 4.80. The molecular weight excluding hydrogens is 432 g/mol. The molecule has 2 N–H and O–H groups in total. The van der Waals surface area contributed by atoms with Crippen LogP contribution in [0.2, 0.25) is 0 Å². The summed E-state index contributed by atoms with van der Waals surface area (Å²) in [5, 5.41) is 16.3. The van der Waals surface area contributed by atoms with E-state index in [9.17, 15) is 24.5 Å². The summed E-state index contributed by atoms with van der Waals surface area (Å²) in [5.74, 6) is -1.17. The molecule has 4 rings (SSSR count). The monoisotopic (exact) mass is 450 g/mol. The Hall–Kier alpha value is -4.67. The second kappa shape index (κ2) is 9.22. The number of hydrogen-bond donors (Lipinski definition) is 2. The average molecular weight is 450 g/mol. The van der Waals surface area contributed by atoms with Crippen molar-refractivity contribution in [2.75, 3.05) is 10.6 Å². The zero-order valence-electron chi connectivity index (χ0n) is 17.1. The van der Waals surface area contributed by atoms with E-state index < -0.39 is 16.6 Å². The molecule has 0 saturated carbocycles. The van der Waals surface area contributed by atoms with Crippen LogP contribution in [0.3, 0.4) is 0 Å². The number of nitro benzene ring substituents is 1. The molecule has 2 heterocycles. The molecule has 0 aliphatic heterocycles. The molecule has 0 fully saturated rings. The second-order valence-corrected chi connectivity index (χ2v) is 7.09. The van der Waals surface area contributed by atoms with E-state index in [2.05, 4.69) is 10.6 Å². The minimum Gasteiger partial charge on any atom is -0.459 e. The maximum absolute atomic E-state index is 12.3. The average Bonchev–Trinajstić information content (AvgIpc) is 3.42. The highest BCUT2D eigenvalue weighted by Gasteiger charge is 2.14. The maximum atomic E-state index is 12.3. The van der Waals surface area contributed by atoms with Gasteiger partial charge in [-0.1, -0.05) is 6.07 Å². The molecule has 11 heteroatoms. The lowest BCUT2D eigenvalue weighted by Crippen LogP contribution is -2.17. The number of amides is 2. The molecular formula is C22H18N4O7. The topological polar surface area (TPSA) is 150 Å². The van der Waals surface area contributed by atoms with Gasteiger partial charge in [0.25, 0.3) is 11.6 Å². The van der Waals surface area contributed by atoms with Crippen LogP contribution in [0, 0.1) is 10.1 Å². The number of fused-ring (bicyclic) bond motifs is 1. The van der Waals surface area contributed by atoms with E-state index in [0.717, 1.165) is 0 Å². The first-order valence-electron chi connectivity index (χ1n) is 9.93. The van der Waals surface area contributed by atoms with E-state index in [-0.39, 0.29) is 35.9 Å². The summed E-state index contributed by atoms with van der Waals surface area (Å²) in [6.07, 6.45) is 1.86. The number of non-ortho nitro benzene ring substituents is 1. The number of carbonyl (C=O) groups is 2. The Bertz CT molecular complexity index is 1390. The van der Waals surface area contributed by atoms with Crippen molar-refractivity contribution < 1.29 is 23.3 Å². The fourth-order valence-corrected chi connectivity index (χ4v) is 3.28. The van der Waals surface area contributed by atoms with Crippen molar-refractivity contribution in [1.82, 2.24) is 4.57 Å². The summed E-state index contributed by atoms with van der Waals surface area (Å²) in [7, 11) is 0. The fraction of sp³-hybridized carbons (Fsp3) is 0.136. The molecule has 33 heavy (non-hydrogen) atoms. The fourth-order valence-electron chi connectivity index (χ4n) is 3.28. The molecule has 0 spiro atoms. The van der Waals surface area contributed by atoms with Crippen LogP contribution >= 0.6 is 0 Å². The number of furan rings is 1. The Kier molecular flexibility index (Phi) is 6.02. The molecule has 2 aromatic heterocycles. The zero-order valence-corrected chi connectivity index (χ0v) is 17.1. The lowest BCUT2D eigenvalue weighted by molar-refractivity contribution is -0.384. The highest BCUT2D eigenvalue weighted by Crippen LogP contribution is 2.21. The molecule has 2 aromatic carbocycles. The highest BCUT2D eigenvalue weighted by molar-refractivity contribution is 6.02. The quantitative estimate of drug-likeness (QED) is 0.306. The summed E-state index contributed by atoms with van der Waals surface area (Å²) >= 11 is 0. The molecule has 168 valence electrons. The number of rotatable bonds is 8. The first-order chi connectivity index (χ1) is 15.9. The summed E-state index contributed by atoms with van der Waals surface area (Å²) in [4.78, 5) is 46.8. The molecule has 11 nitrogen and oxygen atoms in total. The lowest BCUT2D eigenvalue weighted by Gasteiger charge is -2.08. The van der Waals surface area contributed by atoms with Gasteiger partial charge in [0.1, 0.15) is 0 Å². The lowest BCUT2D eigenvalue weighted by atomic mass is 10.2. The standard InChI is InChI=1S/C22H18N4O7/c27-20(23-14-4-1-5-15(12-14)24-21(28)18-6-3-11-32-18)7-2-10-25-17-9-8-16(26(30)31)13-19(17)33-22(25)29/h1,3-6,8-9,11-13H,2,7,10H2,(H,23,27)(H,24,28). The van der Waals surface area contributed by atoms with E-state index in [0.29, 0.717) is 23.3 Å². The van der Waals surface area contributed by atoms with Gasteiger partial charge < -0.3 is 19.5 Å². The third kappa shape index (κ3) is 4.98. The Morgan fingerprint density at radius 1 is 1.03 bits per heavy atom. The SMILES string of the molecule is O=C(CCCn1c(=O)oc2cc([N+](=O)[O-])ccc21)Nc1cccc(NC(=O)c2ccco2)c1. The van der Waals surface area contributed by atoms with Crippen molar-refractivity contribution in [3.8, 4) is 0 Å². The van der Waals surface area contributed by atoms with Crippen molar-refractivity contribution in [1.29, 1.82) is 0 Å². The number of carbonyl (C=O) groups excluding carboxylic acids is 2. The van der Waals surface area contributed by atoms with Gasteiger partial charge in [0, 0.05) is 30.4 Å². The van der Waals surface area contributed by atoms with Crippen LogP contribution in [-0.2, 0) is 11.3 Å². The van der Waals surface area contributed by atoms with Crippen LogP contribution in [0.1, 0.15) is 23.4 Å². The van der Waals surface area contributed by atoms with E-state index in [1.807, 2.05) is 0 Å². The predicted molar refractivity (Wildman–Crippen MR) is 118 cm³/mol. The van der Waals surface area contributed by atoms with Crippen LogP contribution in [0.25, 0.3) is 11.1 Å². The van der Waals surface area contributed by atoms with Gasteiger partial charge in [0.2, 0.25) is 5.91 Å². The third-order valence-corrected chi connectivity index (χ3v) is 4.80. The highest BCUT2D eigenvalue weighted by atomic mass is 16.6. The van der Waals surface area contributed by atoms with Gasteiger partial charge in [0.05, 0.1) is 22.8 Å². The van der Waals surface area contributed by atoms with Crippen LogP contribution in [-0.4, -0.2) is 21.3 Å². The number of anilines is 2.